The molecule has 0 saturated carbocycles. The fourth-order valence-electron chi connectivity index (χ4n) is 7.41. The van der Waals surface area contributed by atoms with E-state index < -0.39 is 10.1 Å². The minimum Gasteiger partial charge on any atom is -0.748 e. The second-order valence-corrected chi connectivity index (χ2v) is 17.9. The van der Waals surface area contributed by atoms with Gasteiger partial charge in [0.25, 0.3) is 0 Å². The maximum absolute atomic E-state index is 11.2. The number of halogens is 3. The summed E-state index contributed by atoms with van der Waals surface area (Å²) in [6, 6.07) is 13.0. The summed E-state index contributed by atoms with van der Waals surface area (Å²) >= 11 is 14.5. The fourth-order valence-corrected chi connectivity index (χ4v) is 9.01. The van der Waals surface area contributed by atoms with Crippen molar-refractivity contribution in [3.8, 4) is 0 Å². The van der Waals surface area contributed by atoms with Crippen LogP contribution in [0.25, 0.3) is 0 Å². The van der Waals surface area contributed by atoms with E-state index in [1.54, 1.807) is 0 Å². The lowest BCUT2D eigenvalue weighted by Gasteiger charge is -2.27. The zero-order valence-corrected chi connectivity index (χ0v) is 33.5. The molecule has 0 aromatic heterocycles. The van der Waals surface area contributed by atoms with Crippen LogP contribution in [0, 0.1) is 0 Å². The Morgan fingerprint density at radius 3 is 2.33 bits per heavy atom. The molecule has 1 aliphatic carbocycles. The third-order valence-corrected chi connectivity index (χ3v) is 12.3. The van der Waals surface area contributed by atoms with Crippen LogP contribution < -0.4 is 4.90 Å². The first kappa shape index (κ1) is 37.3. The quantitative estimate of drug-likeness (QED) is 0.122. The van der Waals surface area contributed by atoms with Gasteiger partial charge in [-0.15, -0.1) is 0 Å². The standard InChI is InChI=1S/C39H47Br2ClN2O3S/c1-6-7-8-22-43-33-18-16-29(40)25-31(33)38(2,3)35(43)20-14-27-12-11-13-28(37(27)42)15-21-36-39(4,5)32-26-30(41)17-19-34(32)44(36)23-9-10-24-48(45,46)47/h14-21,25-26H,6-13,22-24H2,1-5H3. The summed E-state index contributed by atoms with van der Waals surface area (Å²) in [5.41, 5.74) is 9.28. The van der Waals surface area contributed by atoms with Gasteiger partial charge in [-0.05, 0) is 105 Å². The molecule has 5 rings (SSSR count). The Hall–Kier alpha value is -1.97. The van der Waals surface area contributed by atoms with Gasteiger partial charge in [0.2, 0.25) is 5.69 Å². The van der Waals surface area contributed by atoms with Crippen molar-refractivity contribution in [1.29, 1.82) is 0 Å². The first-order chi connectivity index (χ1) is 22.6. The minimum absolute atomic E-state index is 0.133. The second-order valence-electron chi connectivity index (χ2n) is 14.2. The van der Waals surface area contributed by atoms with Crippen LogP contribution in [0.2, 0.25) is 0 Å². The molecule has 2 heterocycles. The van der Waals surface area contributed by atoms with Crippen molar-refractivity contribution in [3.63, 3.8) is 0 Å². The Kier molecular flexibility index (Phi) is 11.7. The van der Waals surface area contributed by atoms with Gasteiger partial charge in [-0.2, -0.15) is 4.58 Å². The van der Waals surface area contributed by atoms with Gasteiger partial charge in [-0.1, -0.05) is 82.8 Å². The number of hydrogen-bond donors (Lipinski definition) is 0. The van der Waals surface area contributed by atoms with Gasteiger partial charge >= 0.3 is 0 Å². The third kappa shape index (κ3) is 7.99. The van der Waals surface area contributed by atoms with Crippen LogP contribution in [0.5, 0.6) is 0 Å². The smallest absolute Gasteiger partial charge is 0.209 e. The van der Waals surface area contributed by atoms with E-state index in [1.165, 1.54) is 35.4 Å². The van der Waals surface area contributed by atoms with Crippen molar-refractivity contribution < 1.29 is 17.5 Å². The van der Waals surface area contributed by atoms with Crippen LogP contribution in [0.4, 0.5) is 11.4 Å². The van der Waals surface area contributed by atoms with Crippen molar-refractivity contribution in [2.24, 2.45) is 0 Å². The Balaban J connectivity index is 1.47. The van der Waals surface area contributed by atoms with Gasteiger partial charge in [0, 0.05) is 67.2 Å². The van der Waals surface area contributed by atoms with Crippen LogP contribution in [0.1, 0.15) is 97.1 Å². The van der Waals surface area contributed by atoms with Crippen molar-refractivity contribution in [3.05, 3.63) is 103 Å². The molecule has 0 N–H and O–H groups in total. The third-order valence-electron chi connectivity index (χ3n) is 10.1. The number of allylic oxidation sites excluding steroid dienone is 8. The second kappa shape index (κ2) is 15.1. The Bertz CT molecular complexity index is 1840. The van der Waals surface area contributed by atoms with Crippen LogP contribution in [0.3, 0.4) is 0 Å². The molecule has 0 radical (unpaired) electrons. The molecule has 0 spiro atoms. The fraction of sp³-hybridized carbons (Fsp3) is 0.462. The number of anilines is 1. The van der Waals surface area contributed by atoms with E-state index in [9.17, 15) is 13.0 Å². The molecule has 9 heteroatoms. The predicted molar refractivity (Wildman–Crippen MR) is 207 cm³/mol. The molecule has 2 aromatic carbocycles. The van der Waals surface area contributed by atoms with Crippen molar-refractivity contribution >= 4 is 70.7 Å². The predicted octanol–water partition coefficient (Wildman–Crippen LogP) is 10.9. The molecule has 0 bridgehead atoms. The number of benzene rings is 2. The van der Waals surface area contributed by atoms with Crippen LogP contribution in [-0.2, 0) is 20.9 Å². The van der Waals surface area contributed by atoms with Crippen molar-refractivity contribution in [2.45, 2.75) is 96.8 Å². The highest BCUT2D eigenvalue weighted by molar-refractivity contribution is 9.10. The first-order valence-electron chi connectivity index (χ1n) is 17.1. The molecule has 0 amide bonds. The topological polar surface area (TPSA) is 63.5 Å². The maximum atomic E-state index is 11.2. The zero-order valence-electron chi connectivity index (χ0n) is 28.7. The normalized spacial score (nSPS) is 20.5. The van der Waals surface area contributed by atoms with Crippen LogP contribution in [-0.4, -0.2) is 42.1 Å². The lowest BCUT2D eigenvalue weighted by molar-refractivity contribution is -0.438. The Morgan fingerprint density at radius 2 is 1.62 bits per heavy atom. The molecular weight excluding hydrogens is 772 g/mol. The van der Waals surface area contributed by atoms with Gasteiger partial charge in [0.1, 0.15) is 6.54 Å². The van der Waals surface area contributed by atoms with Gasteiger partial charge < -0.3 is 9.45 Å². The highest BCUT2D eigenvalue weighted by atomic mass is 79.9. The molecule has 258 valence electrons. The monoisotopic (exact) mass is 816 g/mol. The number of fused-ring (bicyclic) bond motifs is 2. The van der Waals surface area contributed by atoms with Gasteiger partial charge in [0.15, 0.2) is 5.71 Å². The highest BCUT2D eigenvalue weighted by Crippen LogP contribution is 2.49. The summed E-state index contributed by atoms with van der Waals surface area (Å²) in [6.07, 6.45) is 16.3. The zero-order chi connectivity index (χ0) is 34.9. The number of hydrogen-bond acceptors (Lipinski definition) is 4. The van der Waals surface area contributed by atoms with E-state index in [4.69, 9.17) is 11.6 Å². The molecular formula is C39H47Br2ClN2O3S. The summed E-state index contributed by atoms with van der Waals surface area (Å²) in [5.74, 6) is -0.340. The SMILES string of the molecule is CCCCC[N+]1=C(/C=C/C2=C(Cl)C(=C/C=C3/N(CCCCS(=O)(=O)[O-])c4ccc(Br)cc4C3(C)C)/CCC2)C(C)(C)c2cc(Br)ccc21. The highest BCUT2D eigenvalue weighted by Gasteiger charge is 2.44. The first-order valence-corrected chi connectivity index (χ1v) is 20.6. The van der Waals surface area contributed by atoms with Crippen LogP contribution in [0.15, 0.2) is 91.5 Å². The molecule has 2 aliphatic heterocycles. The summed E-state index contributed by atoms with van der Waals surface area (Å²) in [7, 11) is -4.23. The summed E-state index contributed by atoms with van der Waals surface area (Å²) in [4.78, 5) is 2.28. The minimum atomic E-state index is -4.23. The molecule has 3 aliphatic rings. The summed E-state index contributed by atoms with van der Waals surface area (Å²) in [6.45, 7) is 12.9. The van der Waals surface area contributed by atoms with E-state index in [1.807, 2.05) is 6.07 Å². The average Bonchev–Trinajstić information content (AvgIpc) is 3.35. The lowest BCUT2D eigenvalue weighted by atomic mass is 9.81. The molecule has 2 aromatic rings. The van der Waals surface area contributed by atoms with E-state index in [0.29, 0.717) is 19.4 Å². The van der Waals surface area contributed by atoms with Gasteiger partial charge in [-0.25, -0.2) is 8.42 Å². The molecule has 0 saturated heterocycles. The van der Waals surface area contributed by atoms with Crippen molar-refractivity contribution in [1.82, 2.24) is 0 Å². The molecule has 0 unspecified atom stereocenters. The van der Waals surface area contributed by atoms with Gasteiger partial charge in [0.05, 0.1) is 15.5 Å². The summed E-state index contributed by atoms with van der Waals surface area (Å²) < 4.78 is 38.3. The lowest BCUT2D eigenvalue weighted by Crippen LogP contribution is -2.28. The van der Waals surface area contributed by atoms with Crippen molar-refractivity contribution in [2.75, 3.05) is 23.7 Å². The van der Waals surface area contributed by atoms with E-state index in [2.05, 4.69) is 131 Å². The number of nitrogens with zero attached hydrogens (tertiary/aromatic N) is 2. The average molecular weight is 819 g/mol. The molecule has 5 nitrogen and oxygen atoms in total. The Labute approximate surface area is 309 Å². The van der Waals surface area contributed by atoms with Gasteiger partial charge in [-0.3, -0.25) is 0 Å². The molecule has 48 heavy (non-hydrogen) atoms. The number of unbranched alkanes of at least 4 members (excludes halogenated alkanes) is 3. The Morgan fingerprint density at radius 1 is 0.917 bits per heavy atom. The largest absolute Gasteiger partial charge is 0.748 e. The van der Waals surface area contributed by atoms with E-state index in [-0.39, 0.29) is 16.6 Å². The molecule has 0 atom stereocenters. The number of rotatable bonds is 12. The summed E-state index contributed by atoms with van der Waals surface area (Å²) in [5, 5.41) is 0.826. The molecule has 0 fully saturated rings. The van der Waals surface area contributed by atoms with Crippen LogP contribution >= 0.6 is 43.5 Å². The van der Waals surface area contributed by atoms with E-state index >= 15 is 0 Å². The van der Waals surface area contributed by atoms with E-state index in [0.717, 1.165) is 68.7 Å². The maximum Gasteiger partial charge on any atom is 0.209 e.